The van der Waals surface area contributed by atoms with Gasteiger partial charge in [0, 0.05) is 17.3 Å². The van der Waals surface area contributed by atoms with Crippen LogP contribution in [0.1, 0.15) is 46.6 Å². The zero-order valence-electron chi connectivity index (χ0n) is 14.5. The Bertz CT molecular complexity index is 780. The summed E-state index contributed by atoms with van der Waals surface area (Å²) in [6, 6.07) is 9.13. The van der Waals surface area contributed by atoms with Crippen molar-refractivity contribution in [3.63, 3.8) is 0 Å². The third-order valence-electron chi connectivity index (χ3n) is 4.80. The van der Waals surface area contributed by atoms with Crippen molar-refractivity contribution in [3.05, 3.63) is 52.8 Å². The first-order valence-electron chi connectivity index (χ1n) is 8.57. The summed E-state index contributed by atoms with van der Waals surface area (Å²) >= 11 is 0. The standard InChI is InChI=1S/C19H23N3O3/c1-12-10-13(2)22(21-12)11-14-6-8-15(9-7-14)18(23)20-17-5-3-4-16(17)19(24)25/h6-10,16-17H,3-5,11H2,1-2H3,(H,20,23)(H,24,25)/t16-,17+/m0/s1. The van der Waals surface area contributed by atoms with Gasteiger partial charge < -0.3 is 10.4 Å². The van der Waals surface area contributed by atoms with E-state index in [0.29, 0.717) is 18.5 Å². The van der Waals surface area contributed by atoms with Crippen molar-refractivity contribution in [3.8, 4) is 0 Å². The molecule has 0 saturated heterocycles. The van der Waals surface area contributed by atoms with E-state index in [1.165, 1.54) is 0 Å². The average Bonchev–Trinajstić information content (AvgIpc) is 3.14. The molecule has 2 N–H and O–H groups in total. The first kappa shape index (κ1) is 17.2. The van der Waals surface area contributed by atoms with Gasteiger partial charge in [-0.1, -0.05) is 18.6 Å². The molecule has 132 valence electrons. The summed E-state index contributed by atoms with van der Waals surface area (Å²) in [4.78, 5) is 23.6. The second-order valence-corrected chi connectivity index (χ2v) is 6.74. The number of carboxylic acids is 1. The molecule has 6 nitrogen and oxygen atoms in total. The Hall–Kier alpha value is -2.63. The van der Waals surface area contributed by atoms with Crippen molar-refractivity contribution >= 4 is 11.9 Å². The van der Waals surface area contributed by atoms with E-state index in [1.54, 1.807) is 12.1 Å². The highest BCUT2D eigenvalue weighted by molar-refractivity contribution is 5.94. The fraction of sp³-hybridized carbons (Fsp3) is 0.421. The number of benzene rings is 1. The maximum Gasteiger partial charge on any atom is 0.308 e. The maximum absolute atomic E-state index is 12.4. The molecule has 1 aromatic heterocycles. The molecule has 0 unspecified atom stereocenters. The van der Waals surface area contributed by atoms with Crippen LogP contribution < -0.4 is 5.32 Å². The van der Waals surface area contributed by atoms with Crippen LogP contribution in [0.2, 0.25) is 0 Å². The van der Waals surface area contributed by atoms with Crippen LogP contribution in [0.5, 0.6) is 0 Å². The van der Waals surface area contributed by atoms with Crippen LogP contribution in [0.25, 0.3) is 0 Å². The SMILES string of the molecule is Cc1cc(C)n(Cc2ccc(C(=O)N[C@@H]3CCC[C@@H]3C(=O)O)cc2)n1. The van der Waals surface area contributed by atoms with Crippen molar-refractivity contribution in [1.82, 2.24) is 15.1 Å². The Morgan fingerprint density at radius 3 is 2.56 bits per heavy atom. The molecule has 0 radical (unpaired) electrons. The predicted octanol–water partition coefficient (Wildman–Crippen LogP) is 2.53. The quantitative estimate of drug-likeness (QED) is 0.875. The molecule has 1 heterocycles. The summed E-state index contributed by atoms with van der Waals surface area (Å²) in [6.07, 6.45) is 2.18. The monoisotopic (exact) mass is 341 g/mol. The molecule has 25 heavy (non-hydrogen) atoms. The summed E-state index contributed by atoms with van der Waals surface area (Å²) < 4.78 is 1.93. The number of carbonyl (C=O) groups excluding carboxylic acids is 1. The highest BCUT2D eigenvalue weighted by Gasteiger charge is 2.33. The minimum atomic E-state index is -0.831. The lowest BCUT2D eigenvalue weighted by Crippen LogP contribution is -2.40. The molecule has 2 atom stereocenters. The van der Waals surface area contributed by atoms with Gasteiger partial charge in [-0.25, -0.2) is 0 Å². The van der Waals surface area contributed by atoms with Gasteiger partial charge in [-0.3, -0.25) is 14.3 Å². The molecule has 2 aromatic rings. The van der Waals surface area contributed by atoms with E-state index in [1.807, 2.05) is 36.7 Å². The summed E-state index contributed by atoms with van der Waals surface area (Å²) in [7, 11) is 0. The molecule has 6 heteroatoms. The van der Waals surface area contributed by atoms with Gasteiger partial charge in [-0.15, -0.1) is 0 Å². The lowest BCUT2D eigenvalue weighted by atomic mass is 10.0. The smallest absolute Gasteiger partial charge is 0.308 e. The molecular weight excluding hydrogens is 318 g/mol. The molecule has 0 aliphatic heterocycles. The molecule has 1 amide bonds. The lowest BCUT2D eigenvalue weighted by Gasteiger charge is -2.17. The Kier molecular flexibility index (Phi) is 4.88. The molecule has 1 aliphatic carbocycles. The van der Waals surface area contributed by atoms with E-state index in [2.05, 4.69) is 10.4 Å². The normalized spacial score (nSPS) is 19.8. The van der Waals surface area contributed by atoms with Crippen LogP contribution in [0.15, 0.2) is 30.3 Å². The Morgan fingerprint density at radius 2 is 1.96 bits per heavy atom. The topological polar surface area (TPSA) is 84.2 Å². The first-order valence-corrected chi connectivity index (χ1v) is 8.57. The van der Waals surface area contributed by atoms with Gasteiger partial charge in [0.1, 0.15) is 0 Å². The van der Waals surface area contributed by atoms with E-state index < -0.39 is 11.9 Å². The third kappa shape index (κ3) is 3.90. The summed E-state index contributed by atoms with van der Waals surface area (Å²) in [5.74, 6) is -1.52. The second-order valence-electron chi connectivity index (χ2n) is 6.74. The van der Waals surface area contributed by atoms with Crippen molar-refractivity contribution in [2.75, 3.05) is 0 Å². The Morgan fingerprint density at radius 1 is 1.24 bits per heavy atom. The van der Waals surface area contributed by atoms with Gasteiger partial charge in [-0.2, -0.15) is 5.10 Å². The molecular formula is C19H23N3O3. The van der Waals surface area contributed by atoms with E-state index in [0.717, 1.165) is 29.8 Å². The Labute approximate surface area is 146 Å². The van der Waals surface area contributed by atoms with E-state index in [9.17, 15) is 14.7 Å². The zero-order chi connectivity index (χ0) is 18.0. The number of aliphatic carboxylic acids is 1. The Balaban J connectivity index is 1.64. The summed E-state index contributed by atoms with van der Waals surface area (Å²) in [5.41, 5.74) is 3.69. The van der Waals surface area contributed by atoms with Crippen molar-refractivity contribution < 1.29 is 14.7 Å². The second kappa shape index (κ2) is 7.09. The number of nitrogens with zero attached hydrogens (tertiary/aromatic N) is 2. The third-order valence-corrected chi connectivity index (χ3v) is 4.80. The van der Waals surface area contributed by atoms with Gasteiger partial charge in [0.2, 0.25) is 0 Å². The molecule has 1 aliphatic rings. The molecule has 1 aromatic carbocycles. The maximum atomic E-state index is 12.4. The van der Waals surface area contributed by atoms with Gasteiger partial charge in [-0.05, 0) is 50.5 Å². The highest BCUT2D eigenvalue weighted by atomic mass is 16.4. The van der Waals surface area contributed by atoms with Crippen molar-refractivity contribution in [1.29, 1.82) is 0 Å². The number of nitrogens with one attached hydrogen (secondary N) is 1. The number of carbonyl (C=O) groups is 2. The molecule has 1 fully saturated rings. The highest BCUT2D eigenvalue weighted by Crippen LogP contribution is 2.26. The van der Waals surface area contributed by atoms with Gasteiger partial charge in [0.25, 0.3) is 5.91 Å². The van der Waals surface area contributed by atoms with Crippen molar-refractivity contribution in [2.45, 2.75) is 45.7 Å². The van der Waals surface area contributed by atoms with Crippen LogP contribution in [0, 0.1) is 19.8 Å². The van der Waals surface area contributed by atoms with Crippen LogP contribution in [0.4, 0.5) is 0 Å². The fourth-order valence-corrected chi connectivity index (χ4v) is 3.45. The number of rotatable bonds is 5. The fourth-order valence-electron chi connectivity index (χ4n) is 3.45. The number of hydrogen-bond acceptors (Lipinski definition) is 3. The molecule has 3 rings (SSSR count). The first-order chi connectivity index (χ1) is 11.9. The van der Waals surface area contributed by atoms with Crippen molar-refractivity contribution in [2.24, 2.45) is 5.92 Å². The van der Waals surface area contributed by atoms with Gasteiger partial charge in [0.15, 0.2) is 0 Å². The average molecular weight is 341 g/mol. The molecule has 1 saturated carbocycles. The number of carboxylic acid groups (broad SMARTS) is 1. The molecule has 0 bridgehead atoms. The van der Waals surface area contributed by atoms with E-state index in [-0.39, 0.29) is 11.9 Å². The van der Waals surface area contributed by atoms with Crippen LogP contribution in [-0.4, -0.2) is 32.8 Å². The van der Waals surface area contributed by atoms with Crippen LogP contribution in [0.3, 0.4) is 0 Å². The predicted molar refractivity (Wildman–Crippen MR) is 93.5 cm³/mol. The molecule has 0 spiro atoms. The largest absolute Gasteiger partial charge is 0.481 e. The number of aryl methyl sites for hydroxylation is 2. The van der Waals surface area contributed by atoms with Crippen LogP contribution >= 0.6 is 0 Å². The number of amides is 1. The van der Waals surface area contributed by atoms with E-state index in [4.69, 9.17) is 0 Å². The summed E-state index contributed by atoms with van der Waals surface area (Å²) in [6.45, 7) is 4.64. The zero-order valence-corrected chi connectivity index (χ0v) is 14.5. The van der Waals surface area contributed by atoms with Gasteiger partial charge in [0.05, 0.1) is 18.2 Å². The summed E-state index contributed by atoms with van der Waals surface area (Å²) in [5, 5.41) is 16.5. The number of aromatic nitrogens is 2. The lowest BCUT2D eigenvalue weighted by molar-refractivity contribution is -0.142. The minimum Gasteiger partial charge on any atom is -0.481 e. The number of hydrogen-bond donors (Lipinski definition) is 2. The van der Waals surface area contributed by atoms with Gasteiger partial charge >= 0.3 is 5.97 Å². The van der Waals surface area contributed by atoms with E-state index >= 15 is 0 Å². The van der Waals surface area contributed by atoms with Crippen LogP contribution in [-0.2, 0) is 11.3 Å². The minimum absolute atomic E-state index is 0.212.